The number of rotatable bonds is 5. The van der Waals surface area contributed by atoms with Gasteiger partial charge in [-0.25, -0.2) is 0 Å². The summed E-state index contributed by atoms with van der Waals surface area (Å²) in [5.74, 6) is -0.0629. The standard InChI is InChI=1S/C21H21N3O3S/c1-22-20(26)21(9-11-24(14-21)19(25)17-8-10-23-27-17)13-15-4-6-16(7-5-15)18-3-2-12-28-18/h2-8,10,12H,9,11,13-14H2,1H3,(H,22,26)/t21-/m0/s1. The van der Waals surface area contributed by atoms with Crippen molar-refractivity contribution in [1.29, 1.82) is 0 Å². The van der Waals surface area contributed by atoms with Gasteiger partial charge in [0.2, 0.25) is 11.7 Å². The number of carbonyl (C=O) groups is 2. The van der Waals surface area contributed by atoms with Crippen molar-refractivity contribution in [2.24, 2.45) is 5.41 Å². The van der Waals surface area contributed by atoms with Gasteiger partial charge in [0.15, 0.2) is 0 Å². The van der Waals surface area contributed by atoms with Crippen LogP contribution in [0.4, 0.5) is 0 Å². The van der Waals surface area contributed by atoms with Gasteiger partial charge < -0.3 is 14.7 Å². The second kappa shape index (κ2) is 7.59. The van der Waals surface area contributed by atoms with Crippen LogP contribution in [0, 0.1) is 5.41 Å². The van der Waals surface area contributed by atoms with Crippen molar-refractivity contribution in [3.05, 3.63) is 65.4 Å². The number of nitrogens with zero attached hydrogens (tertiary/aromatic N) is 2. The lowest BCUT2D eigenvalue weighted by molar-refractivity contribution is -0.129. The Morgan fingerprint density at radius 2 is 2.07 bits per heavy atom. The molecule has 0 bridgehead atoms. The average Bonchev–Trinajstić information content (AvgIpc) is 3.49. The quantitative estimate of drug-likeness (QED) is 0.720. The third kappa shape index (κ3) is 3.45. The summed E-state index contributed by atoms with van der Waals surface area (Å²) in [5, 5.41) is 8.44. The van der Waals surface area contributed by atoms with Gasteiger partial charge in [-0.3, -0.25) is 9.59 Å². The van der Waals surface area contributed by atoms with E-state index in [0.717, 1.165) is 5.56 Å². The summed E-state index contributed by atoms with van der Waals surface area (Å²) >= 11 is 1.70. The minimum atomic E-state index is -0.644. The third-order valence-corrected chi connectivity index (χ3v) is 6.22. The highest BCUT2D eigenvalue weighted by atomic mass is 32.1. The highest BCUT2D eigenvalue weighted by Crippen LogP contribution is 2.36. The molecule has 1 aliphatic heterocycles. The second-order valence-electron chi connectivity index (χ2n) is 7.06. The molecule has 4 rings (SSSR count). The van der Waals surface area contributed by atoms with E-state index in [4.69, 9.17) is 4.52 Å². The SMILES string of the molecule is CNC(=O)[C@]1(Cc2ccc(-c3cccs3)cc2)CCN(C(=O)c2ccno2)C1. The van der Waals surface area contributed by atoms with Crippen molar-refractivity contribution in [2.75, 3.05) is 20.1 Å². The number of carbonyl (C=O) groups excluding carboxylic acids is 2. The van der Waals surface area contributed by atoms with Gasteiger partial charge in [0.25, 0.3) is 5.91 Å². The van der Waals surface area contributed by atoms with Gasteiger partial charge in [0.1, 0.15) is 0 Å². The normalized spacial score (nSPS) is 19.0. The molecule has 0 radical (unpaired) electrons. The van der Waals surface area contributed by atoms with Crippen LogP contribution in [0.25, 0.3) is 10.4 Å². The Morgan fingerprint density at radius 3 is 2.71 bits per heavy atom. The second-order valence-corrected chi connectivity index (χ2v) is 8.01. The van der Waals surface area contributed by atoms with Crippen LogP contribution in [-0.4, -0.2) is 42.0 Å². The van der Waals surface area contributed by atoms with Gasteiger partial charge in [-0.15, -0.1) is 11.3 Å². The van der Waals surface area contributed by atoms with E-state index >= 15 is 0 Å². The van der Waals surface area contributed by atoms with Crippen molar-refractivity contribution in [3.8, 4) is 10.4 Å². The van der Waals surface area contributed by atoms with Crippen LogP contribution >= 0.6 is 11.3 Å². The molecule has 1 aliphatic rings. The van der Waals surface area contributed by atoms with E-state index in [2.05, 4.69) is 46.2 Å². The smallest absolute Gasteiger partial charge is 0.292 e. The molecular formula is C21H21N3O3S. The van der Waals surface area contributed by atoms with Crippen molar-refractivity contribution >= 4 is 23.2 Å². The van der Waals surface area contributed by atoms with Gasteiger partial charge >= 0.3 is 0 Å². The summed E-state index contributed by atoms with van der Waals surface area (Å²) in [6, 6.07) is 14.0. The summed E-state index contributed by atoms with van der Waals surface area (Å²) in [7, 11) is 1.64. The summed E-state index contributed by atoms with van der Waals surface area (Å²) < 4.78 is 4.99. The molecule has 1 N–H and O–H groups in total. The molecule has 144 valence electrons. The number of hydrogen-bond acceptors (Lipinski definition) is 5. The highest BCUT2D eigenvalue weighted by Gasteiger charge is 2.46. The molecule has 6 nitrogen and oxygen atoms in total. The Balaban J connectivity index is 1.54. The van der Waals surface area contributed by atoms with Gasteiger partial charge in [-0.1, -0.05) is 35.5 Å². The van der Waals surface area contributed by atoms with Gasteiger partial charge in [0, 0.05) is 31.1 Å². The van der Waals surface area contributed by atoms with Crippen LogP contribution in [-0.2, 0) is 11.2 Å². The topological polar surface area (TPSA) is 75.4 Å². The number of likely N-dealkylation sites (tertiary alicyclic amines) is 1. The molecule has 1 atom stereocenters. The van der Waals surface area contributed by atoms with Crippen molar-refractivity contribution < 1.29 is 14.1 Å². The predicted molar refractivity (Wildman–Crippen MR) is 107 cm³/mol. The molecule has 0 unspecified atom stereocenters. The highest BCUT2D eigenvalue weighted by molar-refractivity contribution is 7.13. The van der Waals surface area contributed by atoms with Crippen molar-refractivity contribution in [1.82, 2.24) is 15.4 Å². The number of benzene rings is 1. The van der Waals surface area contributed by atoms with Crippen molar-refractivity contribution in [2.45, 2.75) is 12.8 Å². The predicted octanol–water partition coefficient (Wildman–Crippen LogP) is 3.22. The molecular weight excluding hydrogens is 374 g/mol. The van der Waals surface area contributed by atoms with E-state index in [1.165, 1.54) is 16.6 Å². The van der Waals surface area contributed by atoms with E-state index < -0.39 is 5.41 Å². The first-order chi connectivity index (χ1) is 13.6. The first-order valence-electron chi connectivity index (χ1n) is 9.16. The van der Waals surface area contributed by atoms with Gasteiger partial charge in [0.05, 0.1) is 11.6 Å². The maximum absolute atomic E-state index is 12.8. The van der Waals surface area contributed by atoms with Crippen LogP contribution in [0.1, 0.15) is 22.5 Å². The fraction of sp³-hybridized carbons (Fsp3) is 0.286. The monoisotopic (exact) mass is 395 g/mol. The van der Waals surface area contributed by atoms with E-state index in [1.807, 2.05) is 6.07 Å². The van der Waals surface area contributed by atoms with Gasteiger partial charge in [-0.05, 0) is 35.4 Å². The fourth-order valence-electron chi connectivity index (χ4n) is 3.82. The maximum Gasteiger partial charge on any atom is 0.292 e. The van der Waals surface area contributed by atoms with E-state index in [9.17, 15) is 9.59 Å². The molecule has 2 amide bonds. The summed E-state index contributed by atoms with van der Waals surface area (Å²) in [5.41, 5.74) is 1.61. The lowest BCUT2D eigenvalue weighted by Gasteiger charge is -2.27. The fourth-order valence-corrected chi connectivity index (χ4v) is 4.56. The molecule has 2 aromatic heterocycles. The molecule has 0 spiro atoms. The zero-order chi connectivity index (χ0) is 19.6. The Morgan fingerprint density at radius 1 is 1.25 bits per heavy atom. The summed E-state index contributed by atoms with van der Waals surface area (Å²) in [6.45, 7) is 0.874. The minimum absolute atomic E-state index is 0.0392. The molecule has 0 saturated carbocycles. The molecule has 0 aliphatic carbocycles. The Bertz CT molecular complexity index is 951. The van der Waals surface area contributed by atoms with E-state index in [0.29, 0.717) is 25.9 Å². The number of nitrogens with one attached hydrogen (secondary N) is 1. The first-order valence-corrected chi connectivity index (χ1v) is 10.0. The van der Waals surface area contributed by atoms with Crippen LogP contribution < -0.4 is 5.32 Å². The molecule has 28 heavy (non-hydrogen) atoms. The third-order valence-electron chi connectivity index (χ3n) is 5.30. The molecule has 3 aromatic rings. The number of hydrogen-bond donors (Lipinski definition) is 1. The molecule has 3 heterocycles. The first kappa shape index (κ1) is 18.4. The lowest BCUT2D eigenvalue weighted by atomic mass is 9.79. The summed E-state index contributed by atoms with van der Waals surface area (Å²) in [6.07, 6.45) is 2.64. The Kier molecular flexibility index (Phi) is 5.00. The van der Waals surface area contributed by atoms with E-state index in [-0.39, 0.29) is 17.6 Å². The minimum Gasteiger partial charge on any atom is -0.359 e. The molecule has 7 heteroatoms. The average molecular weight is 395 g/mol. The molecule has 1 aromatic carbocycles. The molecule has 1 fully saturated rings. The Labute approximate surface area is 167 Å². The largest absolute Gasteiger partial charge is 0.359 e. The van der Waals surface area contributed by atoms with Crippen LogP contribution in [0.5, 0.6) is 0 Å². The summed E-state index contributed by atoms with van der Waals surface area (Å²) in [4.78, 5) is 28.3. The van der Waals surface area contributed by atoms with Crippen LogP contribution in [0.15, 0.2) is 58.6 Å². The number of thiophene rings is 1. The number of aromatic nitrogens is 1. The number of amides is 2. The maximum atomic E-state index is 12.8. The van der Waals surface area contributed by atoms with Gasteiger partial charge in [-0.2, -0.15) is 0 Å². The Hall–Kier alpha value is -2.93. The van der Waals surface area contributed by atoms with Crippen LogP contribution in [0.3, 0.4) is 0 Å². The molecule has 1 saturated heterocycles. The zero-order valence-corrected chi connectivity index (χ0v) is 16.4. The zero-order valence-electron chi connectivity index (χ0n) is 15.6. The van der Waals surface area contributed by atoms with Crippen molar-refractivity contribution in [3.63, 3.8) is 0 Å². The van der Waals surface area contributed by atoms with Crippen LogP contribution in [0.2, 0.25) is 0 Å². The van der Waals surface area contributed by atoms with E-state index in [1.54, 1.807) is 29.4 Å². The lowest BCUT2D eigenvalue weighted by Crippen LogP contribution is -2.44.